The molecule has 4 nitrogen and oxygen atoms in total. The summed E-state index contributed by atoms with van der Waals surface area (Å²) in [6.45, 7) is 0. The Morgan fingerprint density at radius 3 is 2.58 bits per heavy atom. The summed E-state index contributed by atoms with van der Waals surface area (Å²) in [5.74, 6) is -0.116. The van der Waals surface area contributed by atoms with Crippen LogP contribution in [0.1, 0.15) is 16.8 Å². The first-order chi connectivity index (χ1) is 9.13. The molecule has 2 rings (SSSR count). The number of nitriles is 1. The zero-order valence-corrected chi connectivity index (χ0v) is 11.0. The lowest BCUT2D eigenvalue weighted by Crippen LogP contribution is -2.05. The van der Waals surface area contributed by atoms with Crippen molar-refractivity contribution < 1.29 is 4.39 Å². The minimum absolute atomic E-state index is 0.180. The van der Waals surface area contributed by atoms with Gasteiger partial charge in [0.1, 0.15) is 23.3 Å². The van der Waals surface area contributed by atoms with Crippen molar-refractivity contribution in [3.05, 3.63) is 46.9 Å². The Labute approximate surface area is 114 Å². The third-order valence-corrected chi connectivity index (χ3v) is 3.12. The molecule has 96 valence electrons. The van der Waals surface area contributed by atoms with Gasteiger partial charge in [-0.25, -0.2) is 14.4 Å². The van der Waals surface area contributed by atoms with Crippen LogP contribution < -0.4 is 5.73 Å². The molecule has 0 bridgehead atoms. The van der Waals surface area contributed by atoms with E-state index in [1.807, 2.05) is 12.3 Å². The molecule has 0 aliphatic carbocycles. The van der Waals surface area contributed by atoms with Gasteiger partial charge in [-0.05, 0) is 24.0 Å². The molecule has 1 aromatic carbocycles. The van der Waals surface area contributed by atoms with Gasteiger partial charge in [0, 0.05) is 6.42 Å². The molecule has 2 N–H and O–H groups in total. The van der Waals surface area contributed by atoms with Crippen LogP contribution in [0.3, 0.4) is 0 Å². The van der Waals surface area contributed by atoms with Gasteiger partial charge in [0.25, 0.3) is 0 Å². The van der Waals surface area contributed by atoms with Gasteiger partial charge < -0.3 is 5.73 Å². The van der Waals surface area contributed by atoms with E-state index in [0.29, 0.717) is 17.3 Å². The highest BCUT2D eigenvalue weighted by Gasteiger charge is 2.12. The number of nitrogen functional groups attached to an aromatic ring is 1. The molecule has 0 saturated heterocycles. The summed E-state index contributed by atoms with van der Waals surface area (Å²) in [5.41, 5.74) is 7.44. The summed E-state index contributed by atoms with van der Waals surface area (Å²) in [6, 6.07) is 8.09. The minimum Gasteiger partial charge on any atom is -0.382 e. The fraction of sp³-hybridized carbons (Fsp3) is 0.154. The van der Waals surface area contributed by atoms with Crippen molar-refractivity contribution in [1.82, 2.24) is 9.97 Å². The first-order valence-corrected chi connectivity index (χ1v) is 6.71. The lowest BCUT2D eigenvalue weighted by Gasteiger charge is -2.07. The Morgan fingerprint density at radius 2 is 2.00 bits per heavy atom. The van der Waals surface area contributed by atoms with Gasteiger partial charge in [-0.15, -0.1) is 0 Å². The van der Waals surface area contributed by atoms with Gasteiger partial charge in [-0.3, -0.25) is 0 Å². The summed E-state index contributed by atoms with van der Waals surface area (Å²) >= 11 is 1.36. The Bertz CT molecular complexity index is 634. The number of hydrogen-bond donors (Lipinski definition) is 1. The van der Waals surface area contributed by atoms with Crippen molar-refractivity contribution in [2.24, 2.45) is 0 Å². The van der Waals surface area contributed by atoms with Crippen molar-refractivity contribution >= 4 is 17.6 Å². The van der Waals surface area contributed by atoms with E-state index in [2.05, 4.69) is 9.97 Å². The maximum atomic E-state index is 12.9. The Balaban J connectivity index is 2.41. The van der Waals surface area contributed by atoms with Crippen molar-refractivity contribution in [3.8, 4) is 6.07 Å². The van der Waals surface area contributed by atoms with E-state index in [0.717, 1.165) is 5.56 Å². The van der Waals surface area contributed by atoms with Crippen LogP contribution in [0.2, 0.25) is 0 Å². The number of hydrogen-bond acceptors (Lipinski definition) is 5. The lowest BCUT2D eigenvalue weighted by atomic mass is 10.1. The predicted molar refractivity (Wildman–Crippen MR) is 72.1 cm³/mol. The Kier molecular flexibility index (Phi) is 3.97. The van der Waals surface area contributed by atoms with Gasteiger partial charge in [0.15, 0.2) is 5.16 Å². The summed E-state index contributed by atoms with van der Waals surface area (Å²) in [5, 5.41) is 9.63. The molecule has 0 amide bonds. The van der Waals surface area contributed by atoms with E-state index in [4.69, 9.17) is 11.0 Å². The third kappa shape index (κ3) is 3.01. The average molecular weight is 274 g/mol. The largest absolute Gasteiger partial charge is 0.382 e. The highest BCUT2D eigenvalue weighted by molar-refractivity contribution is 7.98. The number of nitrogens with zero attached hydrogens (tertiary/aromatic N) is 3. The van der Waals surface area contributed by atoms with Gasteiger partial charge in [-0.2, -0.15) is 5.26 Å². The molecule has 1 heterocycles. The minimum atomic E-state index is -0.295. The van der Waals surface area contributed by atoms with Crippen molar-refractivity contribution in [1.29, 1.82) is 5.26 Å². The quantitative estimate of drug-likeness (QED) is 0.687. The highest BCUT2D eigenvalue weighted by atomic mass is 32.2. The summed E-state index contributed by atoms with van der Waals surface area (Å²) in [4.78, 5) is 8.32. The zero-order valence-electron chi connectivity index (χ0n) is 10.2. The molecule has 2 aromatic rings. The van der Waals surface area contributed by atoms with E-state index in [1.165, 1.54) is 23.9 Å². The van der Waals surface area contributed by atoms with Crippen molar-refractivity contribution in [3.63, 3.8) is 0 Å². The molecule has 6 heteroatoms. The normalized spacial score (nSPS) is 10.2. The van der Waals surface area contributed by atoms with Crippen LogP contribution in [0.15, 0.2) is 29.4 Å². The van der Waals surface area contributed by atoms with Gasteiger partial charge in [0.05, 0.1) is 5.69 Å². The molecule has 0 unspecified atom stereocenters. The molecule has 0 fully saturated rings. The molecule has 0 aliphatic rings. The van der Waals surface area contributed by atoms with Crippen LogP contribution >= 0.6 is 11.8 Å². The summed E-state index contributed by atoms with van der Waals surface area (Å²) < 4.78 is 12.9. The van der Waals surface area contributed by atoms with E-state index < -0.39 is 0 Å². The molecule has 0 radical (unpaired) electrons. The number of rotatable bonds is 3. The van der Waals surface area contributed by atoms with E-state index in [9.17, 15) is 4.39 Å². The molecule has 0 atom stereocenters. The standard InChI is InChI=1S/C13H11FN4S/c1-19-13-17-11(10(7-15)12(16)18-13)6-8-2-4-9(14)5-3-8/h2-5H,6H2,1H3,(H2,16,17,18). The number of benzene rings is 1. The van der Waals surface area contributed by atoms with Crippen LogP contribution in [0, 0.1) is 17.1 Å². The van der Waals surface area contributed by atoms with Crippen LogP contribution in [0.5, 0.6) is 0 Å². The van der Waals surface area contributed by atoms with Gasteiger partial charge >= 0.3 is 0 Å². The predicted octanol–water partition coefficient (Wildman–Crippen LogP) is 2.38. The SMILES string of the molecule is CSc1nc(N)c(C#N)c(Cc2ccc(F)cc2)n1. The lowest BCUT2D eigenvalue weighted by molar-refractivity contribution is 0.627. The highest BCUT2D eigenvalue weighted by Crippen LogP contribution is 2.20. The number of nitrogens with two attached hydrogens (primary N) is 1. The van der Waals surface area contributed by atoms with E-state index in [-0.39, 0.29) is 17.2 Å². The van der Waals surface area contributed by atoms with Crippen LogP contribution in [-0.4, -0.2) is 16.2 Å². The molecule has 0 saturated carbocycles. The van der Waals surface area contributed by atoms with Crippen molar-refractivity contribution in [2.45, 2.75) is 11.6 Å². The maximum Gasteiger partial charge on any atom is 0.189 e. The molecular formula is C13H11FN4S. The monoisotopic (exact) mass is 274 g/mol. The van der Waals surface area contributed by atoms with Gasteiger partial charge in [-0.1, -0.05) is 23.9 Å². The van der Waals surface area contributed by atoms with Gasteiger partial charge in [0.2, 0.25) is 0 Å². The zero-order chi connectivity index (χ0) is 13.8. The number of halogens is 1. The van der Waals surface area contributed by atoms with Crippen LogP contribution in [0.4, 0.5) is 10.2 Å². The molecule has 0 spiro atoms. The first-order valence-electron chi connectivity index (χ1n) is 5.49. The third-order valence-electron chi connectivity index (χ3n) is 2.57. The number of anilines is 1. The first kappa shape index (κ1) is 13.3. The van der Waals surface area contributed by atoms with E-state index >= 15 is 0 Å². The van der Waals surface area contributed by atoms with E-state index in [1.54, 1.807) is 12.1 Å². The molecule has 19 heavy (non-hydrogen) atoms. The maximum absolute atomic E-state index is 12.9. The Hall–Kier alpha value is -2.13. The van der Waals surface area contributed by atoms with Crippen molar-refractivity contribution in [2.75, 3.05) is 12.0 Å². The number of aromatic nitrogens is 2. The van der Waals surface area contributed by atoms with Crippen LogP contribution in [-0.2, 0) is 6.42 Å². The number of thioether (sulfide) groups is 1. The summed E-state index contributed by atoms with van der Waals surface area (Å²) in [6.07, 6.45) is 2.26. The molecule has 1 aromatic heterocycles. The molecule has 0 aliphatic heterocycles. The second-order valence-electron chi connectivity index (χ2n) is 3.83. The second-order valence-corrected chi connectivity index (χ2v) is 4.61. The second kappa shape index (κ2) is 5.67. The topological polar surface area (TPSA) is 75.6 Å². The smallest absolute Gasteiger partial charge is 0.189 e. The summed E-state index contributed by atoms with van der Waals surface area (Å²) in [7, 11) is 0. The van der Waals surface area contributed by atoms with Crippen LogP contribution in [0.25, 0.3) is 0 Å². The Morgan fingerprint density at radius 1 is 1.32 bits per heavy atom. The average Bonchev–Trinajstić information content (AvgIpc) is 2.41. The molecular weight excluding hydrogens is 263 g/mol. The fourth-order valence-corrected chi connectivity index (χ4v) is 2.03. The fourth-order valence-electron chi connectivity index (χ4n) is 1.64.